The molecule has 1 aliphatic rings. The number of unbranched alkanes of at least 4 members (excludes halogenated alkanes) is 1. The first kappa shape index (κ1) is 32.0. The molecule has 0 bridgehead atoms. The number of carbonyl (C=O) groups excluding carboxylic acids is 2. The molecule has 9 heteroatoms. The second-order valence-electron chi connectivity index (χ2n) is 11.6. The molecule has 4 aromatic rings. The number of hydrogen-bond acceptors (Lipinski definition) is 7. The first-order valence-corrected chi connectivity index (χ1v) is 15.5. The topological polar surface area (TPSA) is 128 Å². The molecule has 1 aliphatic heterocycles. The summed E-state index contributed by atoms with van der Waals surface area (Å²) in [7, 11) is 0. The summed E-state index contributed by atoms with van der Waals surface area (Å²) in [5.74, 6) is -0.563. The van der Waals surface area contributed by atoms with Crippen LogP contribution in [0.5, 0.6) is 0 Å². The highest BCUT2D eigenvalue weighted by atomic mass is 16.3. The van der Waals surface area contributed by atoms with Gasteiger partial charge < -0.3 is 20.8 Å². The maximum atomic E-state index is 13.4. The van der Waals surface area contributed by atoms with Gasteiger partial charge in [0, 0.05) is 43.8 Å². The molecule has 0 radical (unpaired) electrons. The Hall–Kier alpha value is -4.44. The summed E-state index contributed by atoms with van der Waals surface area (Å²) < 4.78 is 0. The lowest BCUT2D eigenvalue weighted by Gasteiger charge is -2.28. The highest BCUT2D eigenvalue weighted by Gasteiger charge is 2.22. The van der Waals surface area contributed by atoms with Crippen molar-refractivity contribution in [2.45, 2.75) is 53.0 Å². The third-order valence-corrected chi connectivity index (χ3v) is 8.52. The fraction of sp³-hybridized carbons (Fsp3) is 0.333. The monoisotopic (exact) mass is 607 g/mol. The van der Waals surface area contributed by atoms with Gasteiger partial charge in [0.1, 0.15) is 11.4 Å². The number of benzene rings is 2. The van der Waals surface area contributed by atoms with E-state index in [1.807, 2.05) is 69.3 Å². The number of β-amino-alcohol motifs (C(OH)–C–C–N with tert-alkyl or cyclic N) is 1. The highest BCUT2D eigenvalue weighted by molar-refractivity contribution is 6.05. The number of pyridine rings is 2. The first-order valence-electron chi connectivity index (χ1n) is 15.5. The van der Waals surface area contributed by atoms with Crippen LogP contribution in [0.2, 0.25) is 0 Å². The second kappa shape index (κ2) is 14.6. The standard InChI is InChI=1S/C36H41N5O4/c1-23-20-33(38-34-22-41(17-19-43)16-15-27(23)34)36(45)40-31-12-7-10-29(25(31)3)28-9-6-11-30(24(28)2)39-35(44)32-14-13-26(21-37-32)8-4-5-18-42/h6-7,9-14,20-21,42-43H,4-5,8,15-19,22H2,1-3H3,(H,39,44)(H,40,45). The quantitative estimate of drug-likeness (QED) is 0.172. The van der Waals surface area contributed by atoms with E-state index in [1.54, 1.807) is 12.3 Å². The molecular weight excluding hydrogens is 566 g/mol. The van der Waals surface area contributed by atoms with Crippen LogP contribution in [-0.2, 0) is 19.4 Å². The van der Waals surface area contributed by atoms with Gasteiger partial charge in [0.05, 0.1) is 12.3 Å². The third-order valence-electron chi connectivity index (χ3n) is 8.52. The van der Waals surface area contributed by atoms with Crippen LogP contribution in [-0.4, -0.2) is 63.2 Å². The molecule has 45 heavy (non-hydrogen) atoms. The van der Waals surface area contributed by atoms with Crippen molar-refractivity contribution in [3.05, 3.63) is 106 Å². The summed E-state index contributed by atoms with van der Waals surface area (Å²) in [5.41, 5.74) is 9.93. The van der Waals surface area contributed by atoms with E-state index in [1.165, 1.54) is 5.56 Å². The Balaban J connectivity index is 1.33. The second-order valence-corrected chi connectivity index (χ2v) is 11.6. The third kappa shape index (κ3) is 7.45. The smallest absolute Gasteiger partial charge is 0.274 e. The van der Waals surface area contributed by atoms with E-state index in [0.717, 1.165) is 71.3 Å². The fourth-order valence-electron chi connectivity index (χ4n) is 5.89. The van der Waals surface area contributed by atoms with Gasteiger partial charge in [0.2, 0.25) is 0 Å². The summed E-state index contributed by atoms with van der Waals surface area (Å²) in [6.45, 7) is 8.29. The minimum atomic E-state index is -0.290. The zero-order valence-electron chi connectivity index (χ0n) is 26.2. The van der Waals surface area contributed by atoms with Gasteiger partial charge >= 0.3 is 0 Å². The van der Waals surface area contributed by atoms with Crippen molar-refractivity contribution in [3.63, 3.8) is 0 Å². The van der Waals surface area contributed by atoms with Gasteiger partial charge in [-0.1, -0.05) is 30.3 Å². The maximum absolute atomic E-state index is 13.4. The van der Waals surface area contributed by atoms with E-state index in [0.29, 0.717) is 35.9 Å². The molecule has 0 spiro atoms. The van der Waals surface area contributed by atoms with Crippen molar-refractivity contribution in [2.75, 3.05) is 36.9 Å². The number of aryl methyl sites for hydroxylation is 2. The van der Waals surface area contributed by atoms with Crippen molar-refractivity contribution in [2.24, 2.45) is 0 Å². The van der Waals surface area contributed by atoms with Crippen LogP contribution in [0.3, 0.4) is 0 Å². The van der Waals surface area contributed by atoms with E-state index >= 15 is 0 Å². The zero-order chi connectivity index (χ0) is 31.9. The molecule has 0 unspecified atom stereocenters. The summed E-state index contributed by atoms with van der Waals surface area (Å²) in [5, 5.41) is 24.4. The molecular formula is C36H41N5O4. The molecule has 0 aliphatic carbocycles. The number of aromatic nitrogens is 2. The van der Waals surface area contributed by atoms with Gasteiger partial charge in [-0.15, -0.1) is 0 Å². The number of nitrogens with one attached hydrogen (secondary N) is 2. The molecule has 0 saturated heterocycles. The minimum absolute atomic E-state index is 0.0944. The van der Waals surface area contributed by atoms with E-state index < -0.39 is 0 Å². The van der Waals surface area contributed by atoms with E-state index in [-0.39, 0.29) is 25.0 Å². The Bertz CT molecular complexity index is 1690. The molecule has 0 saturated carbocycles. The minimum Gasteiger partial charge on any atom is -0.396 e. The fourth-order valence-corrected chi connectivity index (χ4v) is 5.89. The number of amides is 2. The number of anilines is 2. The number of fused-ring (bicyclic) bond motifs is 1. The Morgan fingerprint density at radius 1 is 0.844 bits per heavy atom. The number of aliphatic hydroxyl groups is 2. The normalized spacial score (nSPS) is 12.9. The highest BCUT2D eigenvalue weighted by Crippen LogP contribution is 2.34. The average molecular weight is 608 g/mol. The molecule has 0 fully saturated rings. The van der Waals surface area contributed by atoms with E-state index in [4.69, 9.17) is 10.1 Å². The van der Waals surface area contributed by atoms with Crippen molar-refractivity contribution >= 4 is 23.2 Å². The van der Waals surface area contributed by atoms with Crippen molar-refractivity contribution in [1.82, 2.24) is 14.9 Å². The zero-order valence-corrected chi connectivity index (χ0v) is 26.2. The lowest BCUT2D eigenvalue weighted by Crippen LogP contribution is -2.34. The van der Waals surface area contributed by atoms with Gasteiger partial charge in [-0.2, -0.15) is 0 Å². The van der Waals surface area contributed by atoms with E-state index in [9.17, 15) is 14.7 Å². The van der Waals surface area contributed by atoms with Crippen LogP contribution in [0.1, 0.15) is 67.3 Å². The first-order chi connectivity index (χ1) is 21.8. The van der Waals surface area contributed by atoms with Crippen LogP contribution in [0.25, 0.3) is 11.1 Å². The van der Waals surface area contributed by atoms with Crippen LogP contribution >= 0.6 is 0 Å². The number of aliphatic hydroxyl groups excluding tert-OH is 2. The number of carbonyl (C=O) groups is 2. The molecule has 2 aromatic heterocycles. The van der Waals surface area contributed by atoms with Crippen molar-refractivity contribution in [3.8, 4) is 11.1 Å². The van der Waals surface area contributed by atoms with Gasteiger partial charge in [0.15, 0.2) is 0 Å². The average Bonchev–Trinajstić information content (AvgIpc) is 3.03. The molecule has 2 aromatic carbocycles. The Morgan fingerprint density at radius 2 is 1.51 bits per heavy atom. The summed E-state index contributed by atoms with van der Waals surface area (Å²) in [4.78, 5) is 37.7. The lowest BCUT2D eigenvalue weighted by atomic mass is 9.94. The van der Waals surface area contributed by atoms with Crippen molar-refractivity contribution < 1.29 is 19.8 Å². The Morgan fingerprint density at radius 3 is 2.11 bits per heavy atom. The summed E-state index contributed by atoms with van der Waals surface area (Å²) in [6, 6.07) is 17.1. The largest absolute Gasteiger partial charge is 0.396 e. The van der Waals surface area contributed by atoms with Crippen molar-refractivity contribution in [1.29, 1.82) is 0 Å². The SMILES string of the molecule is Cc1cc(C(=O)Nc2cccc(-c3cccc(NC(=O)c4ccc(CCCCO)cn4)c3C)c2C)nc2c1CCN(CCO)C2. The van der Waals surface area contributed by atoms with Crippen LogP contribution in [0, 0.1) is 20.8 Å². The van der Waals surface area contributed by atoms with Gasteiger partial charge in [-0.3, -0.25) is 19.5 Å². The van der Waals surface area contributed by atoms with Gasteiger partial charge in [-0.25, -0.2) is 4.98 Å². The summed E-state index contributed by atoms with van der Waals surface area (Å²) in [6.07, 6.45) is 4.99. The molecule has 2 amide bonds. The Kier molecular flexibility index (Phi) is 10.3. The molecule has 3 heterocycles. The number of nitrogens with zero attached hydrogens (tertiary/aromatic N) is 3. The van der Waals surface area contributed by atoms with Crippen LogP contribution < -0.4 is 10.6 Å². The van der Waals surface area contributed by atoms with Gasteiger partial charge in [0.25, 0.3) is 11.8 Å². The molecule has 0 atom stereocenters. The summed E-state index contributed by atoms with van der Waals surface area (Å²) >= 11 is 0. The number of rotatable bonds is 11. The van der Waals surface area contributed by atoms with E-state index in [2.05, 4.69) is 20.5 Å². The van der Waals surface area contributed by atoms with Crippen LogP contribution in [0.4, 0.5) is 11.4 Å². The lowest BCUT2D eigenvalue weighted by molar-refractivity contribution is 0.101. The van der Waals surface area contributed by atoms with Gasteiger partial charge in [-0.05, 0) is 110 Å². The Labute approximate surface area is 264 Å². The molecule has 5 rings (SSSR count). The predicted molar refractivity (Wildman–Crippen MR) is 177 cm³/mol. The molecule has 9 nitrogen and oxygen atoms in total. The molecule has 4 N–H and O–H groups in total. The maximum Gasteiger partial charge on any atom is 0.274 e. The number of hydrogen-bond donors (Lipinski definition) is 4. The predicted octanol–water partition coefficient (Wildman–Crippen LogP) is 5.24. The van der Waals surface area contributed by atoms with Crippen LogP contribution in [0.15, 0.2) is 60.8 Å². The molecule has 234 valence electrons.